The molecule has 0 saturated carbocycles. The average Bonchev–Trinajstić information content (AvgIpc) is 2.40. The monoisotopic (exact) mass is 312 g/mol. The lowest BCUT2D eigenvalue weighted by atomic mass is 10.3. The molecule has 0 fully saturated rings. The van der Waals surface area contributed by atoms with Crippen LogP contribution in [0.15, 0.2) is 64.4 Å². The Morgan fingerprint density at radius 1 is 0.950 bits per heavy atom. The molecule has 108 valence electrons. The van der Waals surface area contributed by atoms with Crippen molar-refractivity contribution in [3.05, 3.63) is 54.6 Å². The van der Waals surface area contributed by atoms with Crippen LogP contribution in [0.3, 0.4) is 0 Å². The van der Waals surface area contributed by atoms with E-state index in [2.05, 4.69) is 12.5 Å². The number of aromatic hydroxyl groups is 1. The maximum absolute atomic E-state index is 10.3. The summed E-state index contributed by atoms with van der Waals surface area (Å²) in [5.74, 6) is 0.342. The number of phenolic OH excluding ortho intramolecular Hbond substituents is 1. The van der Waals surface area contributed by atoms with E-state index in [1.807, 2.05) is 12.1 Å². The third kappa shape index (κ3) is 5.64. The molecule has 0 spiro atoms. The average molecular weight is 312 g/mol. The van der Waals surface area contributed by atoms with Crippen LogP contribution in [0.1, 0.15) is 0 Å². The van der Waals surface area contributed by atoms with Gasteiger partial charge < -0.3 is 9.66 Å². The Bertz CT molecular complexity index is 620. The van der Waals surface area contributed by atoms with E-state index in [4.69, 9.17) is 5.11 Å². The van der Waals surface area contributed by atoms with Crippen LogP contribution in [0.2, 0.25) is 0 Å². The molecule has 2 aromatic rings. The first-order valence-corrected chi connectivity index (χ1v) is 9.13. The molecule has 0 bridgehead atoms. The minimum atomic E-state index is -4.25. The molecule has 0 aliphatic carbocycles. The lowest BCUT2D eigenvalue weighted by Gasteiger charge is -2.04. The van der Waals surface area contributed by atoms with E-state index < -0.39 is 10.1 Å². The molecule has 0 atom stereocenters. The van der Waals surface area contributed by atoms with Crippen LogP contribution in [-0.4, -0.2) is 30.6 Å². The van der Waals surface area contributed by atoms with Gasteiger partial charge in [0.15, 0.2) is 4.90 Å². The maximum atomic E-state index is 10.3. The highest BCUT2D eigenvalue weighted by Gasteiger charge is 2.05. The zero-order valence-corrected chi connectivity index (χ0v) is 12.8. The maximum Gasteiger partial charge on any atom is 0.154 e. The first-order valence-electron chi connectivity index (χ1n) is 5.68. The van der Waals surface area contributed by atoms with Gasteiger partial charge in [0.05, 0.1) is 4.90 Å². The molecule has 0 unspecified atom stereocenters. The highest BCUT2D eigenvalue weighted by Crippen LogP contribution is 2.13. The zero-order valence-electron chi connectivity index (χ0n) is 11.2. The Hall–Kier alpha value is -1.50. The van der Waals surface area contributed by atoms with Crippen molar-refractivity contribution in [2.75, 3.05) is 12.5 Å². The molecule has 0 aliphatic rings. The summed E-state index contributed by atoms with van der Waals surface area (Å²) in [7, 11) is -3.95. The molecule has 2 rings (SSSR count). The van der Waals surface area contributed by atoms with E-state index in [0.29, 0.717) is 16.6 Å². The second-order valence-corrected chi connectivity index (χ2v) is 7.56. The summed E-state index contributed by atoms with van der Waals surface area (Å²) in [6, 6.07) is 14.6. The molecule has 0 amide bonds. The van der Waals surface area contributed by atoms with Crippen LogP contribution in [0, 0.1) is 0 Å². The van der Waals surface area contributed by atoms with Crippen molar-refractivity contribution in [2.45, 2.75) is 9.79 Å². The van der Waals surface area contributed by atoms with Gasteiger partial charge in [-0.15, -0.1) is 0 Å². The van der Waals surface area contributed by atoms with Crippen molar-refractivity contribution in [3.63, 3.8) is 0 Å². The number of benzene rings is 2. The van der Waals surface area contributed by atoms with Crippen LogP contribution in [0.4, 0.5) is 0 Å². The highest BCUT2D eigenvalue weighted by molar-refractivity contribution is 7.95. The predicted molar refractivity (Wildman–Crippen MR) is 80.0 cm³/mol. The van der Waals surface area contributed by atoms with Crippen LogP contribution in [0.5, 0.6) is 5.75 Å². The van der Waals surface area contributed by atoms with E-state index in [0.717, 1.165) is 0 Å². The molecule has 6 heteroatoms. The van der Waals surface area contributed by atoms with Crippen LogP contribution in [-0.2, 0) is 21.0 Å². The van der Waals surface area contributed by atoms with E-state index >= 15 is 0 Å². The Morgan fingerprint density at radius 2 is 1.45 bits per heavy atom. The second-order valence-electron chi connectivity index (χ2n) is 4.08. The minimum Gasteiger partial charge on any atom is -0.744 e. The molecule has 0 saturated heterocycles. The fraction of sp³-hybridized carbons (Fsp3) is 0.143. The number of rotatable bonds is 2. The van der Waals surface area contributed by atoms with Gasteiger partial charge in [0.25, 0.3) is 0 Å². The van der Waals surface area contributed by atoms with Crippen molar-refractivity contribution in [3.8, 4) is 5.75 Å². The number of phenols is 1. The van der Waals surface area contributed by atoms with E-state index in [9.17, 15) is 13.0 Å². The van der Waals surface area contributed by atoms with Gasteiger partial charge in [-0.2, -0.15) is 0 Å². The standard InChI is InChI=1S/C8H10OS.C6H6O3S/c1-10(2)8-5-3-7(9)4-6-8;7-10(8,9)6-4-2-1-3-5-6/h3-6H,1-2H3;1-5H,(H,7,8,9). The number of hydrogen-bond donors (Lipinski definition) is 1. The van der Waals surface area contributed by atoms with Gasteiger partial charge in [-0.3, -0.25) is 0 Å². The van der Waals surface area contributed by atoms with Crippen LogP contribution < -0.4 is 0 Å². The Labute approximate surface area is 122 Å². The molecule has 0 radical (unpaired) electrons. The van der Waals surface area contributed by atoms with Gasteiger partial charge in [-0.1, -0.05) is 18.2 Å². The highest BCUT2D eigenvalue weighted by atomic mass is 32.2. The van der Waals surface area contributed by atoms with Crippen molar-refractivity contribution in [2.24, 2.45) is 0 Å². The fourth-order valence-electron chi connectivity index (χ4n) is 1.31. The first kappa shape index (κ1) is 16.6. The minimum absolute atomic E-state index is 0.185. The first-order chi connectivity index (χ1) is 9.30. The normalized spacial score (nSPS) is 10.8. The molecular formula is C14H16O4S2. The Morgan fingerprint density at radius 3 is 1.80 bits per heavy atom. The molecule has 0 aliphatic heterocycles. The summed E-state index contributed by atoms with van der Waals surface area (Å²) in [5, 5.41) is 8.94. The molecule has 1 N–H and O–H groups in total. The van der Waals surface area contributed by atoms with Crippen LogP contribution in [0.25, 0.3) is 0 Å². The lowest BCUT2D eigenvalue weighted by Crippen LogP contribution is -1.96. The largest absolute Gasteiger partial charge is 0.744 e. The van der Waals surface area contributed by atoms with Gasteiger partial charge in [0.1, 0.15) is 28.4 Å². The SMILES string of the molecule is C[S+](C)c1ccc(O)cc1.O=S(=O)([O-])c1ccccc1. The third-order valence-electron chi connectivity index (χ3n) is 2.34. The van der Waals surface area contributed by atoms with Gasteiger partial charge in [0, 0.05) is 10.9 Å². The summed E-state index contributed by atoms with van der Waals surface area (Å²) in [4.78, 5) is 1.10. The quantitative estimate of drug-likeness (QED) is 0.681. The van der Waals surface area contributed by atoms with Gasteiger partial charge in [0.2, 0.25) is 0 Å². The van der Waals surface area contributed by atoms with Crippen molar-refractivity contribution >= 4 is 21.0 Å². The molecule has 4 nitrogen and oxygen atoms in total. The molecule has 2 aromatic carbocycles. The zero-order chi connectivity index (χ0) is 15.2. The summed E-state index contributed by atoms with van der Waals surface area (Å²) in [5.41, 5.74) is 0. The topological polar surface area (TPSA) is 77.4 Å². The second kappa shape index (κ2) is 7.33. The van der Waals surface area contributed by atoms with E-state index in [1.165, 1.54) is 29.2 Å². The van der Waals surface area contributed by atoms with E-state index in [-0.39, 0.29) is 4.90 Å². The number of hydrogen-bond acceptors (Lipinski definition) is 4. The van der Waals surface area contributed by atoms with Gasteiger partial charge in [-0.05, 0) is 36.4 Å². The molecule has 0 aromatic heterocycles. The molecule has 20 heavy (non-hydrogen) atoms. The summed E-state index contributed by atoms with van der Waals surface area (Å²) in [6.07, 6.45) is 4.32. The predicted octanol–water partition coefficient (Wildman–Crippen LogP) is 2.22. The summed E-state index contributed by atoms with van der Waals surface area (Å²) < 4.78 is 30.8. The molecule has 0 heterocycles. The smallest absolute Gasteiger partial charge is 0.154 e. The van der Waals surface area contributed by atoms with Crippen molar-refractivity contribution in [1.82, 2.24) is 0 Å². The summed E-state index contributed by atoms with van der Waals surface area (Å²) >= 11 is 0. The van der Waals surface area contributed by atoms with Crippen LogP contribution >= 0.6 is 0 Å². The Kier molecular flexibility index (Phi) is 6.06. The summed E-state index contributed by atoms with van der Waals surface area (Å²) in [6.45, 7) is 0. The van der Waals surface area contributed by atoms with E-state index in [1.54, 1.807) is 18.2 Å². The fourth-order valence-corrected chi connectivity index (χ4v) is 2.48. The Balaban J connectivity index is 0.000000200. The van der Waals surface area contributed by atoms with Gasteiger partial charge >= 0.3 is 0 Å². The molecular weight excluding hydrogens is 296 g/mol. The lowest BCUT2D eigenvalue weighted by molar-refractivity contribution is 0.463. The van der Waals surface area contributed by atoms with Gasteiger partial charge in [-0.25, -0.2) is 8.42 Å². The third-order valence-corrected chi connectivity index (χ3v) is 4.40. The van der Waals surface area contributed by atoms with Crippen molar-refractivity contribution in [1.29, 1.82) is 0 Å². The van der Waals surface area contributed by atoms with Crippen molar-refractivity contribution < 1.29 is 18.1 Å².